The Kier molecular flexibility index (Phi) is 3.34. The number of thiazole rings is 1. The molecule has 0 atom stereocenters. The second-order valence-electron chi connectivity index (χ2n) is 3.60. The highest BCUT2D eigenvalue weighted by Gasteiger charge is 2.12. The summed E-state index contributed by atoms with van der Waals surface area (Å²) in [5.74, 6) is 0. The number of aryl methyl sites for hydroxylation is 1. The van der Waals surface area contributed by atoms with E-state index in [-0.39, 0.29) is 10.6 Å². The predicted molar refractivity (Wildman–Crippen MR) is 67.3 cm³/mol. The van der Waals surface area contributed by atoms with Crippen LogP contribution in [0.25, 0.3) is 0 Å². The fourth-order valence-electron chi connectivity index (χ4n) is 1.46. The maximum absolute atomic E-state index is 10.9. The van der Waals surface area contributed by atoms with Crippen molar-refractivity contribution in [1.29, 1.82) is 0 Å². The molecule has 5 nitrogen and oxygen atoms in total. The lowest BCUT2D eigenvalue weighted by Crippen LogP contribution is -2.01. The number of hydrogen-bond acceptors (Lipinski definition) is 5. The minimum absolute atomic E-state index is 0.0973. The topological polar surface area (TPSA) is 68.1 Å². The summed E-state index contributed by atoms with van der Waals surface area (Å²) in [5, 5.41) is 13.9. The SMILES string of the molecule is Cc1ccc([N+](=O)[O-])c(NCc2cncs2)c1. The number of nitro benzene ring substituents is 1. The van der Waals surface area contributed by atoms with Gasteiger partial charge in [0.15, 0.2) is 0 Å². The standard InChI is InChI=1S/C11H11N3O2S/c1-8-2-3-11(14(15)16)10(4-8)13-6-9-5-12-7-17-9/h2-5,7,13H,6H2,1H3. The van der Waals surface area contributed by atoms with Gasteiger partial charge in [-0.25, -0.2) is 0 Å². The van der Waals surface area contributed by atoms with Gasteiger partial charge in [0.05, 0.1) is 17.0 Å². The minimum Gasteiger partial charge on any atom is -0.375 e. The van der Waals surface area contributed by atoms with Gasteiger partial charge < -0.3 is 5.32 Å². The molecule has 0 saturated carbocycles. The summed E-state index contributed by atoms with van der Waals surface area (Å²) in [6.07, 6.45) is 1.75. The molecule has 2 rings (SSSR count). The molecule has 6 heteroatoms. The third-order valence-corrected chi connectivity index (χ3v) is 3.06. The zero-order chi connectivity index (χ0) is 12.3. The van der Waals surface area contributed by atoms with Gasteiger partial charge in [0.1, 0.15) is 5.69 Å². The van der Waals surface area contributed by atoms with E-state index in [1.165, 1.54) is 17.4 Å². The monoisotopic (exact) mass is 249 g/mol. The van der Waals surface area contributed by atoms with Crippen LogP contribution >= 0.6 is 11.3 Å². The lowest BCUT2D eigenvalue weighted by molar-refractivity contribution is -0.384. The number of aromatic nitrogens is 1. The van der Waals surface area contributed by atoms with Gasteiger partial charge in [0, 0.05) is 17.1 Å². The van der Waals surface area contributed by atoms with Gasteiger partial charge in [-0.3, -0.25) is 15.1 Å². The van der Waals surface area contributed by atoms with Gasteiger partial charge in [0.2, 0.25) is 0 Å². The summed E-state index contributed by atoms with van der Waals surface area (Å²) in [7, 11) is 0. The van der Waals surface area contributed by atoms with Gasteiger partial charge in [-0.1, -0.05) is 6.07 Å². The van der Waals surface area contributed by atoms with Crippen molar-refractivity contribution in [2.24, 2.45) is 0 Å². The van der Waals surface area contributed by atoms with Crippen LogP contribution in [0.15, 0.2) is 29.9 Å². The molecule has 0 aliphatic rings. The fraction of sp³-hybridized carbons (Fsp3) is 0.182. The van der Waals surface area contributed by atoms with E-state index in [1.807, 2.05) is 6.92 Å². The van der Waals surface area contributed by atoms with Crippen LogP contribution < -0.4 is 5.32 Å². The van der Waals surface area contributed by atoms with Crippen molar-refractivity contribution in [2.75, 3.05) is 5.32 Å². The highest BCUT2D eigenvalue weighted by Crippen LogP contribution is 2.25. The van der Waals surface area contributed by atoms with E-state index >= 15 is 0 Å². The number of benzene rings is 1. The van der Waals surface area contributed by atoms with Crippen molar-refractivity contribution in [1.82, 2.24) is 4.98 Å². The van der Waals surface area contributed by atoms with Crippen molar-refractivity contribution in [3.63, 3.8) is 0 Å². The zero-order valence-electron chi connectivity index (χ0n) is 9.21. The van der Waals surface area contributed by atoms with Crippen LogP contribution in [0.5, 0.6) is 0 Å². The number of nitrogens with one attached hydrogen (secondary N) is 1. The first-order valence-electron chi connectivity index (χ1n) is 5.03. The predicted octanol–water partition coefficient (Wildman–Crippen LogP) is 2.97. The second kappa shape index (κ2) is 4.92. The Hall–Kier alpha value is -1.95. The van der Waals surface area contributed by atoms with Crippen LogP contribution in [-0.2, 0) is 6.54 Å². The number of nitro groups is 1. The summed E-state index contributed by atoms with van der Waals surface area (Å²) < 4.78 is 0. The Labute approximate surface area is 102 Å². The molecule has 0 saturated heterocycles. The molecule has 1 aromatic carbocycles. The molecule has 0 unspecified atom stereocenters. The van der Waals surface area contributed by atoms with Crippen LogP contribution in [0.1, 0.15) is 10.4 Å². The van der Waals surface area contributed by atoms with Crippen molar-refractivity contribution in [3.05, 3.63) is 50.5 Å². The van der Waals surface area contributed by atoms with Crippen LogP contribution in [0.4, 0.5) is 11.4 Å². The van der Waals surface area contributed by atoms with Crippen molar-refractivity contribution >= 4 is 22.7 Å². The molecule has 0 spiro atoms. The van der Waals surface area contributed by atoms with E-state index in [0.29, 0.717) is 12.2 Å². The maximum Gasteiger partial charge on any atom is 0.292 e. The highest BCUT2D eigenvalue weighted by molar-refractivity contribution is 7.09. The molecule has 0 aliphatic heterocycles. The van der Waals surface area contributed by atoms with Gasteiger partial charge >= 0.3 is 0 Å². The highest BCUT2D eigenvalue weighted by atomic mass is 32.1. The van der Waals surface area contributed by atoms with E-state index in [0.717, 1.165) is 10.4 Å². The van der Waals surface area contributed by atoms with Gasteiger partial charge in [-0.2, -0.15) is 0 Å². The molecule has 88 valence electrons. The van der Waals surface area contributed by atoms with Crippen LogP contribution in [0.3, 0.4) is 0 Å². The Morgan fingerprint density at radius 3 is 3.00 bits per heavy atom. The van der Waals surface area contributed by atoms with Gasteiger partial charge in [0.25, 0.3) is 5.69 Å². The molecule has 1 N–H and O–H groups in total. The maximum atomic E-state index is 10.9. The Morgan fingerprint density at radius 1 is 1.53 bits per heavy atom. The number of rotatable bonds is 4. The van der Waals surface area contributed by atoms with Gasteiger partial charge in [-0.05, 0) is 18.6 Å². The average molecular weight is 249 g/mol. The smallest absolute Gasteiger partial charge is 0.292 e. The Bertz CT molecular complexity index is 526. The summed E-state index contributed by atoms with van der Waals surface area (Å²) in [6.45, 7) is 2.45. The van der Waals surface area contributed by atoms with E-state index in [9.17, 15) is 10.1 Å². The van der Waals surface area contributed by atoms with Crippen LogP contribution in [0.2, 0.25) is 0 Å². The molecular weight excluding hydrogens is 238 g/mol. The molecule has 0 amide bonds. The molecular formula is C11H11N3O2S. The minimum atomic E-state index is -0.381. The average Bonchev–Trinajstić information content (AvgIpc) is 2.78. The molecule has 17 heavy (non-hydrogen) atoms. The third-order valence-electron chi connectivity index (χ3n) is 2.29. The van der Waals surface area contributed by atoms with Crippen molar-refractivity contribution in [2.45, 2.75) is 13.5 Å². The Balaban J connectivity index is 2.19. The quantitative estimate of drug-likeness (QED) is 0.668. The van der Waals surface area contributed by atoms with E-state index < -0.39 is 0 Å². The number of nitrogens with zero attached hydrogens (tertiary/aromatic N) is 2. The first-order valence-corrected chi connectivity index (χ1v) is 5.91. The summed E-state index contributed by atoms with van der Waals surface area (Å²) in [5.41, 5.74) is 3.37. The second-order valence-corrected chi connectivity index (χ2v) is 4.57. The molecule has 0 radical (unpaired) electrons. The number of hydrogen-bond donors (Lipinski definition) is 1. The molecule has 1 heterocycles. The largest absolute Gasteiger partial charge is 0.375 e. The van der Waals surface area contributed by atoms with E-state index in [1.54, 1.807) is 23.8 Å². The molecule has 2 aromatic rings. The van der Waals surface area contributed by atoms with Crippen molar-refractivity contribution in [3.8, 4) is 0 Å². The Morgan fingerprint density at radius 2 is 2.35 bits per heavy atom. The summed E-state index contributed by atoms with van der Waals surface area (Å²) in [4.78, 5) is 15.5. The summed E-state index contributed by atoms with van der Waals surface area (Å²) >= 11 is 1.52. The van der Waals surface area contributed by atoms with Crippen LogP contribution in [0, 0.1) is 17.0 Å². The lowest BCUT2D eigenvalue weighted by Gasteiger charge is -2.06. The molecule has 0 bridgehead atoms. The first kappa shape index (κ1) is 11.5. The van der Waals surface area contributed by atoms with E-state index in [4.69, 9.17) is 0 Å². The molecule has 0 aliphatic carbocycles. The van der Waals surface area contributed by atoms with Gasteiger partial charge in [-0.15, -0.1) is 11.3 Å². The zero-order valence-corrected chi connectivity index (χ0v) is 10.0. The third kappa shape index (κ3) is 2.79. The number of anilines is 1. The molecule has 1 aromatic heterocycles. The van der Waals surface area contributed by atoms with E-state index in [2.05, 4.69) is 10.3 Å². The fourth-order valence-corrected chi connectivity index (χ4v) is 2.00. The first-order chi connectivity index (χ1) is 8.16. The lowest BCUT2D eigenvalue weighted by atomic mass is 10.2. The normalized spacial score (nSPS) is 10.2. The van der Waals surface area contributed by atoms with Crippen LogP contribution in [-0.4, -0.2) is 9.91 Å². The van der Waals surface area contributed by atoms with Crippen molar-refractivity contribution < 1.29 is 4.92 Å². The molecule has 0 fully saturated rings. The summed E-state index contributed by atoms with van der Waals surface area (Å²) in [6, 6.07) is 5.03.